The molecular weight excluding hydrogens is 615 g/mol. The zero-order chi connectivity index (χ0) is 34.5. The lowest BCUT2D eigenvalue weighted by atomic mass is 10.0. The quantitative estimate of drug-likeness (QED) is 0.203. The number of carbonyl (C=O) groups is 2. The topological polar surface area (TPSA) is 153 Å². The summed E-state index contributed by atoms with van der Waals surface area (Å²) in [5.41, 5.74) is 11.3. The standard InChI is InChI=1S/C32H31N5O3.C2HF3O2/c1-20(2)14-24(34)18-37-29-15-23(32(39)40-3)12-13-27(29)35-30(31(37)38)26-19-36(28-7-5-4-6-25(26)28)17-22-10-8-21(16-33)9-11-22;3-2(4,5)1(6)7/h4-13,15,19-20,24H,14,17-18,34H2,1-3H3;(H,6,7). The molecule has 0 spiro atoms. The van der Waals surface area contributed by atoms with Gasteiger partial charge < -0.3 is 24.7 Å². The number of carboxylic acids is 1. The molecule has 2 heterocycles. The van der Waals surface area contributed by atoms with Gasteiger partial charge in [0.15, 0.2) is 0 Å². The van der Waals surface area contributed by atoms with Crippen LogP contribution >= 0.6 is 0 Å². The van der Waals surface area contributed by atoms with Gasteiger partial charge in [-0.25, -0.2) is 14.6 Å². The lowest BCUT2D eigenvalue weighted by Crippen LogP contribution is -2.34. The van der Waals surface area contributed by atoms with Crippen LogP contribution < -0.4 is 11.3 Å². The molecule has 0 amide bonds. The van der Waals surface area contributed by atoms with Gasteiger partial charge in [-0.1, -0.05) is 44.2 Å². The zero-order valence-electron chi connectivity index (χ0n) is 25.8. The second-order valence-electron chi connectivity index (χ2n) is 11.3. The number of nitrogens with zero attached hydrogens (tertiary/aromatic N) is 4. The van der Waals surface area contributed by atoms with Crippen molar-refractivity contribution < 1.29 is 32.6 Å². The van der Waals surface area contributed by atoms with Crippen molar-refractivity contribution in [3.05, 3.63) is 100.0 Å². The molecule has 0 aliphatic heterocycles. The molecular formula is C34H32F3N5O5. The number of rotatable bonds is 8. The molecule has 0 radical (unpaired) electrons. The number of alkyl halides is 3. The number of nitrogens with two attached hydrogens (primary N) is 1. The van der Waals surface area contributed by atoms with Gasteiger partial charge in [0.2, 0.25) is 0 Å². The molecule has 0 aliphatic carbocycles. The highest BCUT2D eigenvalue weighted by Gasteiger charge is 2.38. The molecule has 2 aromatic heterocycles. The number of halogens is 3. The number of hydrogen-bond donors (Lipinski definition) is 2. The van der Waals surface area contributed by atoms with E-state index in [1.807, 2.05) is 42.6 Å². The average Bonchev–Trinajstić information content (AvgIpc) is 3.39. The van der Waals surface area contributed by atoms with E-state index in [1.54, 1.807) is 34.9 Å². The molecule has 0 saturated carbocycles. The second-order valence-corrected chi connectivity index (χ2v) is 11.3. The fraction of sp³-hybridized carbons (Fsp3) is 0.265. The molecule has 1 atom stereocenters. The van der Waals surface area contributed by atoms with Crippen LogP contribution in [0.2, 0.25) is 0 Å². The Labute approximate surface area is 267 Å². The molecule has 0 fully saturated rings. The van der Waals surface area contributed by atoms with Crippen LogP contribution in [0, 0.1) is 17.2 Å². The smallest absolute Gasteiger partial charge is 0.475 e. The Morgan fingerprint density at radius 3 is 2.32 bits per heavy atom. The highest BCUT2D eigenvalue weighted by molar-refractivity contribution is 5.97. The summed E-state index contributed by atoms with van der Waals surface area (Å²) in [4.78, 5) is 40.1. The van der Waals surface area contributed by atoms with Crippen LogP contribution in [0.15, 0.2) is 77.7 Å². The third kappa shape index (κ3) is 8.03. The molecule has 3 aromatic carbocycles. The first kappa shape index (κ1) is 34.4. The van der Waals surface area contributed by atoms with Crippen molar-refractivity contribution in [2.24, 2.45) is 11.7 Å². The molecule has 1 unspecified atom stereocenters. The number of hydrogen-bond acceptors (Lipinski definition) is 7. The van der Waals surface area contributed by atoms with Crippen LogP contribution in [0.1, 0.15) is 41.8 Å². The number of aromatic nitrogens is 3. The van der Waals surface area contributed by atoms with Crippen molar-refractivity contribution >= 4 is 33.9 Å². The molecule has 10 nitrogen and oxygen atoms in total. The molecule has 13 heteroatoms. The van der Waals surface area contributed by atoms with Crippen LogP contribution in [0.4, 0.5) is 13.2 Å². The monoisotopic (exact) mass is 647 g/mol. The zero-order valence-corrected chi connectivity index (χ0v) is 25.8. The number of esters is 1. The Kier molecular flexibility index (Phi) is 10.5. The lowest BCUT2D eigenvalue weighted by molar-refractivity contribution is -0.192. The number of ether oxygens (including phenoxy) is 1. The van der Waals surface area contributed by atoms with E-state index in [0.717, 1.165) is 28.5 Å². The van der Waals surface area contributed by atoms with E-state index in [-0.39, 0.29) is 18.1 Å². The first-order valence-corrected chi connectivity index (χ1v) is 14.5. The molecule has 0 saturated heterocycles. The summed E-state index contributed by atoms with van der Waals surface area (Å²) in [5.74, 6) is -2.88. The van der Waals surface area contributed by atoms with Gasteiger partial charge in [0.1, 0.15) is 5.69 Å². The van der Waals surface area contributed by atoms with Crippen LogP contribution in [-0.4, -0.2) is 50.5 Å². The molecule has 0 aliphatic rings. The fourth-order valence-corrected chi connectivity index (χ4v) is 5.20. The maximum Gasteiger partial charge on any atom is 0.490 e. The van der Waals surface area contributed by atoms with E-state index >= 15 is 0 Å². The van der Waals surface area contributed by atoms with Gasteiger partial charge in [0.05, 0.1) is 35.3 Å². The number of carbonyl (C=O) groups excluding carboxylic acids is 1. The van der Waals surface area contributed by atoms with E-state index in [9.17, 15) is 22.8 Å². The minimum atomic E-state index is -5.08. The number of benzene rings is 3. The van der Waals surface area contributed by atoms with Gasteiger partial charge >= 0.3 is 18.1 Å². The molecule has 0 bridgehead atoms. The summed E-state index contributed by atoms with van der Waals surface area (Å²) < 4.78 is 40.4. The fourth-order valence-electron chi connectivity index (χ4n) is 5.20. The first-order chi connectivity index (χ1) is 22.2. The van der Waals surface area contributed by atoms with Gasteiger partial charge in [0.25, 0.3) is 5.56 Å². The second kappa shape index (κ2) is 14.3. The van der Waals surface area contributed by atoms with E-state index in [2.05, 4.69) is 24.5 Å². The summed E-state index contributed by atoms with van der Waals surface area (Å²) in [6.07, 6.45) is -2.38. The number of fused-ring (bicyclic) bond motifs is 2. The van der Waals surface area contributed by atoms with Gasteiger partial charge in [0, 0.05) is 41.8 Å². The van der Waals surface area contributed by atoms with E-state index in [0.29, 0.717) is 40.3 Å². The maximum atomic E-state index is 14.1. The molecule has 244 valence electrons. The van der Waals surface area contributed by atoms with Gasteiger partial charge in [-0.05, 0) is 54.3 Å². The molecule has 3 N–H and O–H groups in total. The van der Waals surface area contributed by atoms with Crippen molar-refractivity contribution in [1.82, 2.24) is 14.1 Å². The third-order valence-electron chi connectivity index (χ3n) is 7.28. The Morgan fingerprint density at radius 2 is 1.72 bits per heavy atom. The summed E-state index contributed by atoms with van der Waals surface area (Å²) in [5, 5.41) is 17.2. The average molecular weight is 648 g/mol. The van der Waals surface area contributed by atoms with Gasteiger partial charge in [-0.3, -0.25) is 4.79 Å². The maximum absolute atomic E-state index is 14.1. The summed E-state index contributed by atoms with van der Waals surface area (Å²) in [6, 6.07) is 22.3. The molecule has 5 aromatic rings. The first-order valence-electron chi connectivity index (χ1n) is 14.5. The molecule has 47 heavy (non-hydrogen) atoms. The van der Waals surface area contributed by atoms with Crippen LogP contribution in [0.25, 0.3) is 33.2 Å². The summed E-state index contributed by atoms with van der Waals surface area (Å²) >= 11 is 0. The third-order valence-corrected chi connectivity index (χ3v) is 7.28. The van der Waals surface area contributed by atoms with E-state index in [1.165, 1.54) is 7.11 Å². The number of carboxylic acid groups (broad SMARTS) is 1. The number of para-hydroxylation sites is 1. The molecule has 5 rings (SSSR count). The number of methoxy groups -OCH3 is 1. The SMILES string of the molecule is COC(=O)c1ccc2nc(-c3cn(Cc4ccc(C#N)cc4)c4ccccc34)c(=O)n(CC(N)CC(C)C)c2c1.O=C(O)C(F)(F)F. The summed E-state index contributed by atoms with van der Waals surface area (Å²) in [6.45, 7) is 5.04. The summed E-state index contributed by atoms with van der Waals surface area (Å²) in [7, 11) is 1.33. The van der Waals surface area contributed by atoms with Crippen LogP contribution in [0.3, 0.4) is 0 Å². The van der Waals surface area contributed by atoms with Crippen LogP contribution in [0.5, 0.6) is 0 Å². The van der Waals surface area contributed by atoms with Crippen molar-refractivity contribution in [3.63, 3.8) is 0 Å². The Morgan fingerprint density at radius 1 is 1.06 bits per heavy atom. The van der Waals surface area contributed by atoms with Crippen molar-refractivity contribution in [3.8, 4) is 17.3 Å². The van der Waals surface area contributed by atoms with Gasteiger partial charge in [-0.15, -0.1) is 0 Å². The van der Waals surface area contributed by atoms with Crippen molar-refractivity contribution in [2.45, 2.75) is 45.6 Å². The largest absolute Gasteiger partial charge is 0.490 e. The highest BCUT2D eigenvalue weighted by atomic mass is 19.4. The van der Waals surface area contributed by atoms with Crippen LogP contribution in [-0.2, 0) is 22.6 Å². The van der Waals surface area contributed by atoms with E-state index in [4.69, 9.17) is 30.6 Å². The lowest BCUT2D eigenvalue weighted by Gasteiger charge is -2.18. The van der Waals surface area contributed by atoms with Gasteiger partial charge in [-0.2, -0.15) is 18.4 Å². The minimum Gasteiger partial charge on any atom is -0.475 e. The number of aliphatic carboxylic acids is 1. The predicted octanol–water partition coefficient (Wildman–Crippen LogP) is 5.73. The number of nitriles is 1. The minimum absolute atomic E-state index is 0.254. The van der Waals surface area contributed by atoms with Crippen molar-refractivity contribution in [2.75, 3.05) is 7.11 Å². The normalized spacial score (nSPS) is 12.0. The predicted molar refractivity (Wildman–Crippen MR) is 170 cm³/mol. The highest BCUT2D eigenvalue weighted by Crippen LogP contribution is 2.30. The Balaban J connectivity index is 0.000000644. The Hall–Kier alpha value is -5.48. The van der Waals surface area contributed by atoms with Crippen molar-refractivity contribution in [1.29, 1.82) is 5.26 Å². The van der Waals surface area contributed by atoms with E-state index < -0.39 is 18.1 Å². The Bertz CT molecular complexity index is 2030.